The molecule has 2 N–H and O–H groups in total. The van der Waals surface area contributed by atoms with E-state index in [0.717, 1.165) is 36.8 Å². The van der Waals surface area contributed by atoms with Crippen LogP contribution < -0.4 is 10.6 Å². The zero-order valence-electron chi connectivity index (χ0n) is 23.6. The van der Waals surface area contributed by atoms with Crippen molar-refractivity contribution in [2.75, 3.05) is 6.54 Å². The number of likely N-dealkylation sites (tertiary alicyclic amines) is 1. The molecular formula is C30H37BrN4O3S2. The van der Waals surface area contributed by atoms with Crippen LogP contribution in [0, 0.1) is 12.3 Å². The Morgan fingerprint density at radius 1 is 1.12 bits per heavy atom. The van der Waals surface area contributed by atoms with Crippen molar-refractivity contribution in [3.8, 4) is 10.4 Å². The van der Waals surface area contributed by atoms with Crippen LogP contribution in [0.15, 0.2) is 45.7 Å². The van der Waals surface area contributed by atoms with Crippen molar-refractivity contribution < 1.29 is 14.4 Å². The van der Waals surface area contributed by atoms with Gasteiger partial charge in [0.15, 0.2) is 0 Å². The predicted molar refractivity (Wildman–Crippen MR) is 165 cm³/mol. The van der Waals surface area contributed by atoms with Crippen LogP contribution >= 0.6 is 38.6 Å². The molecule has 4 rings (SSSR count). The average Bonchev–Trinajstić information content (AvgIpc) is 3.66. The van der Waals surface area contributed by atoms with Gasteiger partial charge in [-0.3, -0.25) is 14.4 Å². The van der Waals surface area contributed by atoms with Crippen molar-refractivity contribution in [1.29, 1.82) is 0 Å². The molecule has 0 radical (unpaired) electrons. The topological polar surface area (TPSA) is 91.4 Å². The number of nitrogens with one attached hydrogen (secondary N) is 2. The van der Waals surface area contributed by atoms with E-state index in [0.29, 0.717) is 25.8 Å². The van der Waals surface area contributed by atoms with E-state index in [-0.39, 0.29) is 23.8 Å². The number of carbonyl (C=O) groups is 3. The molecule has 3 unspecified atom stereocenters. The average molecular weight is 646 g/mol. The van der Waals surface area contributed by atoms with E-state index in [1.165, 1.54) is 0 Å². The van der Waals surface area contributed by atoms with Gasteiger partial charge in [0.1, 0.15) is 12.1 Å². The number of rotatable bonds is 9. The summed E-state index contributed by atoms with van der Waals surface area (Å²) in [4.78, 5) is 48.3. The minimum Gasteiger partial charge on any atom is -0.348 e. The highest BCUT2D eigenvalue weighted by Gasteiger charge is 2.42. The number of nitrogens with zero attached hydrogens (tertiary/aromatic N) is 2. The molecule has 10 heteroatoms. The second-order valence-corrected chi connectivity index (χ2v) is 14.8. The monoisotopic (exact) mass is 644 g/mol. The standard InChI is InChI=1S/C30H37BrN4O3S2/c1-18(20-8-10-21(11-9-20)26-19(2)32-17-39-26)33-28(37)23-7-6-16-35(23)29(38)27(30(3,4)5)34-25(36)15-13-22-12-14-24(31)40-22/h8-12,14,17-18,23,27H,6-7,13,15-16H2,1-5H3,(H,33,37)(H,34,36). The summed E-state index contributed by atoms with van der Waals surface area (Å²) in [7, 11) is 0. The van der Waals surface area contributed by atoms with Gasteiger partial charge in [-0.1, -0.05) is 45.0 Å². The van der Waals surface area contributed by atoms with Crippen molar-refractivity contribution in [2.24, 2.45) is 5.41 Å². The minimum atomic E-state index is -0.719. The summed E-state index contributed by atoms with van der Waals surface area (Å²) in [6.07, 6.45) is 2.27. The molecule has 0 saturated carbocycles. The number of aromatic nitrogens is 1. The van der Waals surface area contributed by atoms with E-state index in [1.54, 1.807) is 27.6 Å². The zero-order valence-corrected chi connectivity index (χ0v) is 26.8. The van der Waals surface area contributed by atoms with Gasteiger partial charge in [-0.25, -0.2) is 4.98 Å². The predicted octanol–water partition coefficient (Wildman–Crippen LogP) is 6.27. The van der Waals surface area contributed by atoms with E-state index < -0.39 is 17.5 Å². The SMILES string of the molecule is Cc1ncsc1-c1ccc(C(C)NC(=O)C2CCCN2C(=O)C(NC(=O)CCc2ccc(Br)s2)C(C)(C)C)cc1. The maximum atomic E-state index is 13.8. The van der Waals surface area contributed by atoms with Gasteiger partial charge in [0.25, 0.3) is 0 Å². The molecule has 0 spiro atoms. The van der Waals surface area contributed by atoms with Crippen LogP contribution in [0.3, 0.4) is 0 Å². The number of aryl methyl sites for hydroxylation is 2. The summed E-state index contributed by atoms with van der Waals surface area (Å²) in [6, 6.07) is 10.6. The first-order chi connectivity index (χ1) is 18.9. The fourth-order valence-corrected chi connectivity index (χ4v) is 7.26. The fraction of sp³-hybridized carbons (Fsp3) is 0.467. The Bertz CT molecular complexity index is 1350. The lowest BCUT2D eigenvalue weighted by atomic mass is 9.85. The molecule has 1 aliphatic rings. The van der Waals surface area contributed by atoms with Gasteiger partial charge in [-0.05, 0) is 77.7 Å². The fourth-order valence-electron chi connectivity index (χ4n) is 4.97. The summed E-state index contributed by atoms with van der Waals surface area (Å²) >= 11 is 6.67. The number of benzene rings is 1. The third kappa shape index (κ3) is 7.39. The van der Waals surface area contributed by atoms with Gasteiger partial charge in [-0.15, -0.1) is 22.7 Å². The van der Waals surface area contributed by atoms with E-state index >= 15 is 0 Å². The number of halogens is 1. The molecule has 7 nitrogen and oxygen atoms in total. The molecule has 2 aromatic heterocycles. The molecule has 3 heterocycles. The number of thiazole rings is 1. The molecule has 0 aliphatic carbocycles. The maximum Gasteiger partial charge on any atom is 0.246 e. The molecule has 0 bridgehead atoms. The summed E-state index contributed by atoms with van der Waals surface area (Å²) < 4.78 is 1.03. The molecule has 214 valence electrons. The first-order valence-corrected chi connectivity index (χ1v) is 16.1. The van der Waals surface area contributed by atoms with Crippen LogP contribution in [-0.2, 0) is 20.8 Å². The van der Waals surface area contributed by atoms with Gasteiger partial charge in [-0.2, -0.15) is 0 Å². The van der Waals surface area contributed by atoms with Crippen LogP contribution in [-0.4, -0.2) is 46.2 Å². The third-order valence-corrected chi connectivity index (χ3v) is 9.92. The largest absolute Gasteiger partial charge is 0.348 e. The van der Waals surface area contributed by atoms with Crippen LogP contribution in [0.1, 0.15) is 69.1 Å². The number of amides is 3. The van der Waals surface area contributed by atoms with Gasteiger partial charge >= 0.3 is 0 Å². The molecule has 3 aromatic rings. The van der Waals surface area contributed by atoms with Gasteiger partial charge in [0.2, 0.25) is 17.7 Å². The van der Waals surface area contributed by atoms with Crippen molar-refractivity contribution >= 4 is 56.3 Å². The van der Waals surface area contributed by atoms with Gasteiger partial charge < -0.3 is 15.5 Å². The Morgan fingerprint density at radius 2 is 1.85 bits per heavy atom. The van der Waals surface area contributed by atoms with Crippen LogP contribution in [0.25, 0.3) is 10.4 Å². The number of carbonyl (C=O) groups excluding carboxylic acids is 3. The second-order valence-electron chi connectivity index (χ2n) is 11.4. The second kappa shape index (κ2) is 13.0. The van der Waals surface area contributed by atoms with Crippen LogP contribution in [0.4, 0.5) is 0 Å². The van der Waals surface area contributed by atoms with Crippen molar-refractivity contribution in [1.82, 2.24) is 20.5 Å². The molecule has 3 amide bonds. The first kappa shape index (κ1) is 30.4. The van der Waals surface area contributed by atoms with Gasteiger partial charge in [0, 0.05) is 17.8 Å². The Morgan fingerprint density at radius 3 is 2.45 bits per heavy atom. The van der Waals surface area contributed by atoms with E-state index in [1.807, 2.05) is 64.4 Å². The number of thiophene rings is 1. The first-order valence-electron chi connectivity index (χ1n) is 13.6. The minimum absolute atomic E-state index is 0.163. The quantitative estimate of drug-likeness (QED) is 0.287. The Labute approximate surface area is 252 Å². The van der Waals surface area contributed by atoms with E-state index in [9.17, 15) is 14.4 Å². The smallest absolute Gasteiger partial charge is 0.246 e. The highest BCUT2D eigenvalue weighted by molar-refractivity contribution is 9.11. The summed E-state index contributed by atoms with van der Waals surface area (Å²) in [6.45, 7) is 10.3. The maximum absolute atomic E-state index is 13.8. The Balaban J connectivity index is 1.38. The van der Waals surface area contributed by atoms with Crippen LogP contribution in [0.2, 0.25) is 0 Å². The lowest BCUT2D eigenvalue weighted by molar-refractivity contribution is -0.144. The van der Waals surface area contributed by atoms with E-state index in [4.69, 9.17) is 0 Å². The Hall–Kier alpha value is -2.56. The number of hydrogen-bond donors (Lipinski definition) is 2. The van der Waals surface area contributed by atoms with Crippen molar-refractivity contribution in [2.45, 2.75) is 78.4 Å². The molecule has 1 fully saturated rings. The van der Waals surface area contributed by atoms with Crippen molar-refractivity contribution in [3.05, 3.63) is 61.8 Å². The zero-order chi connectivity index (χ0) is 29.0. The lowest BCUT2D eigenvalue weighted by Crippen LogP contribution is -2.57. The van der Waals surface area contributed by atoms with Crippen LogP contribution in [0.5, 0.6) is 0 Å². The normalized spacial score (nSPS) is 16.9. The summed E-state index contributed by atoms with van der Waals surface area (Å²) in [5.41, 5.74) is 4.44. The molecule has 1 saturated heterocycles. The van der Waals surface area contributed by atoms with E-state index in [2.05, 4.69) is 43.7 Å². The summed E-state index contributed by atoms with van der Waals surface area (Å²) in [5, 5.41) is 6.10. The molecule has 1 aliphatic heterocycles. The Kier molecular flexibility index (Phi) is 9.85. The van der Waals surface area contributed by atoms with Crippen molar-refractivity contribution in [3.63, 3.8) is 0 Å². The highest BCUT2D eigenvalue weighted by atomic mass is 79.9. The third-order valence-electron chi connectivity index (χ3n) is 7.26. The molecular weight excluding hydrogens is 608 g/mol. The van der Waals surface area contributed by atoms with Gasteiger partial charge in [0.05, 0.1) is 25.9 Å². The highest BCUT2D eigenvalue weighted by Crippen LogP contribution is 2.30. The molecule has 3 atom stereocenters. The lowest BCUT2D eigenvalue weighted by Gasteiger charge is -2.35. The molecule has 40 heavy (non-hydrogen) atoms. The number of hydrogen-bond acceptors (Lipinski definition) is 6. The summed E-state index contributed by atoms with van der Waals surface area (Å²) in [5.74, 6) is -0.527. The molecule has 1 aromatic carbocycles.